The Morgan fingerprint density at radius 2 is 2.10 bits per heavy atom. The first-order valence-corrected chi connectivity index (χ1v) is 6.91. The number of likely N-dealkylation sites (tertiary alicyclic amines) is 1. The van der Waals surface area contributed by atoms with Crippen LogP contribution < -0.4 is 0 Å². The van der Waals surface area contributed by atoms with Gasteiger partial charge in [0.25, 0.3) is 0 Å². The molecule has 0 aliphatic carbocycles. The Hall–Kier alpha value is -1.21. The molecule has 114 valence electrons. The Bertz CT molecular complexity index is 372. The van der Waals surface area contributed by atoms with Gasteiger partial charge in [0.2, 0.25) is 11.6 Å². The van der Waals surface area contributed by atoms with Crippen molar-refractivity contribution < 1.29 is 28.6 Å². The average Bonchev–Trinajstić information content (AvgIpc) is 2.84. The predicted octanol–water partition coefficient (Wildman–Crippen LogP) is 0.597. The largest absolute Gasteiger partial charge is 0.479 e. The third-order valence-corrected chi connectivity index (χ3v) is 3.79. The van der Waals surface area contributed by atoms with Crippen LogP contribution in [0.3, 0.4) is 0 Å². The van der Waals surface area contributed by atoms with E-state index in [2.05, 4.69) is 0 Å². The second-order valence-corrected chi connectivity index (χ2v) is 5.27. The van der Waals surface area contributed by atoms with Crippen LogP contribution in [-0.2, 0) is 19.1 Å². The first-order valence-electron chi connectivity index (χ1n) is 6.91. The molecule has 0 aromatic heterocycles. The summed E-state index contributed by atoms with van der Waals surface area (Å²) in [5.41, 5.74) is -2.29. The van der Waals surface area contributed by atoms with Gasteiger partial charge in [0.05, 0.1) is 25.7 Å². The van der Waals surface area contributed by atoms with Gasteiger partial charge in [-0.1, -0.05) is 0 Å². The van der Waals surface area contributed by atoms with Gasteiger partial charge < -0.3 is 19.5 Å². The van der Waals surface area contributed by atoms with E-state index in [0.717, 1.165) is 12.8 Å². The number of carboxylic acids is 1. The lowest BCUT2D eigenvalue weighted by Gasteiger charge is -2.23. The van der Waals surface area contributed by atoms with Gasteiger partial charge in [-0.05, 0) is 12.8 Å². The second-order valence-electron chi connectivity index (χ2n) is 5.27. The number of hydrogen-bond donors (Lipinski definition) is 1. The van der Waals surface area contributed by atoms with E-state index in [1.54, 1.807) is 0 Å². The van der Waals surface area contributed by atoms with E-state index in [1.807, 2.05) is 0 Å². The van der Waals surface area contributed by atoms with Gasteiger partial charge in [0.15, 0.2) is 0 Å². The van der Waals surface area contributed by atoms with Crippen LogP contribution in [0.2, 0.25) is 0 Å². The molecule has 7 heteroatoms. The minimum Gasteiger partial charge on any atom is -0.479 e. The van der Waals surface area contributed by atoms with Crippen LogP contribution in [0.25, 0.3) is 0 Å². The standard InChI is InChI=1S/C13H20FNO5/c14-13(12(17)18)4-5-15(9-13)11(16)3-8-20-10-1-6-19-7-2-10/h10H,1-9H2,(H,17,18). The van der Waals surface area contributed by atoms with Gasteiger partial charge in [0, 0.05) is 26.2 Å². The van der Waals surface area contributed by atoms with Crippen LogP contribution in [-0.4, -0.2) is 66.6 Å². The summed E-state index contributed by atoms with van der Waals surface area (Å²) >= 11 is 0. The zero-order valence-corrected chi connectivity index (χ0v) is 11.3. The summed E-state index contributed by atoms with van der Waals surface area (Å²) in [4.78, 5) is 23.9. The lowest BCUT2D eigenvalue weighted by molar-refractivity contribution is -0.150. The van der Waals surface area contributed by atoms with Crippen LogP contribution >= 0.6 is 0 Å². The third-order valence-electron chi connectivity index (χ3n) is 3.79. The maximum absolute atomic E-state index is 13.8. The van der Waals surface area contributed by atoms with Crippen molar-refractivity contribution in [3.05, 3.63) is 0 Å². The molecule has 0 aromatic rings. The lowest BCUT2D eigenvalue weighted by atomic mass is 10.1. The van der Waals surface area contributed by atoms with Crippen LogP contribution in [0, 0.1) is 0 Å². The molecule has 2 fully saturated rings. The summed E-state index contributed by atoms with van der Waals surface area (Å²) in [6.07, 6.45) is 1.78. The summed E-state index contributed by atoms with van der Waals surface area (Å²) in [6, 6.07) is 0. The zero-order chi connectivity index (χ0) is 14.6. The molecule has 2 rings (SSSR count). The van der Waals surface area contributed by atoms with Crippen molar-refractivity contribution in [1.82, 2.24) is 4.90 Å². The molecule has 20 heavy (non-hydrogen) atoms. The minimum absolute atomic E-state index is 0.120. The van der Waals surface area contributed by atoms with E-state index < -0.39 is 11.6 Å². The molecular weight excluding hydrogens is 269 g/mol. The molecule has 1 unspecified atom stereocenters. The molecule has 2 saturated heterocycles. The van der Waals surface area contributed by atoms with E-state index in [9.17, 15) is 14.0 Å². The SMILES string of the molecule is O=C(CCOC1CCOCC1)N1CCC(F)(C(=O)O)C1. The van der Waals surface area contributed by atoms with E-state index >= 15 is 0 Å². The van der Waals surface area contributed by atoms with Crippen molar-refractivity contribution in [1.29, 1.82) is 0 Å². The molecule has 1 atom stereocenters. The van der Waals surface area contributed by atoms with Crippen molar-refractivity contribution in [3.63, 3.8) is 0 Å². The molecule has 0 aromatic carbocycles. The highest BCUT2D eigenvalue weighted by Gasteiger charge is 2.46. The van der Waals surface area contributed by atoms with Crippen molar-refractivity contribution >= 4 is 11.9 Å². The van der Waals surface area contributed by atoms with Gasteiger partial charge in [-0.15, -0.1) is 0 Å². The molecule has 0 saturated carbocycles. The number of hydrogen-bond acceptors (Lipinski definition) is 4. The number of halogens is 1. The van der Waals surface area contributed by atoms with E-state index in [0.29, 0.717) is 13.2 Å². The van der Waals surface area contributed by atoms with Gasteiger partial charge in [0.1, 0.15) is 0 Å². The van der Waals surface area contributed by atoms with Crippen LogP contribution in [0.4, 0.5) is 4.39 Å². The lowest BCUT2D eigenvalue weighted by Crippen LogP contribution is -2.39. The molecule has 2 aliphatic rings. The molecule has 1 amide bonds. The number of rotatable bonds is 5. The third kappa shape index (κ3) is 3.67. The molecule has 0 bridgehead atoms. The quantitative estimate of drug-likeness (QED) is 0.802. The molecule has 6 nitrogen and oxygen atoms in total. The van der Waals surface area contributed by atoms with E-state index in [4.69, 9.17) is 14.6 Å². The Kier molecular flexibility index (Phi) is 4.93. The number of carbonyl (C=O) groups is 2. The number of aliphatic carboxylic acids is 1. The summed E-state index contributed by atoms with van der Waals surface area (Å²) in [5, 5.41) is 8.77. The van der Waals surface area contributed by atoms with Crippen molar-refractivity contribution in [2.24, 2.45) is 0 Å². The molecule has 2 aliphatic heterocycles. The zero-order valence-electron chi connectivity index (χ0n) is 11.3. The smallest absolute Gasteiger partial charge is 0.343 e. The Morgan fingerprint density at radius 3 is 2.70 bits per heavy atom. The van der Waals surface area contributed by atoms with Gasteiger partial charge in [-0.3, -0.25) is 4.79 Å². The van der Waals surface area contributed by atoms with Crippen molar-refractivity contribution in [3.8, 4) is 0 Å². The fourth-order valence-corrected chi connectivity index (χ4v) is 2.47. The maximum atomic E-state index is 13.8. The molecule has 2 heterocycles. The van der Waals surface area contributed by atoms with E-state index in [1.165, 1.54) is 4.90 Å². The van der Waals surface area contributed by atoms with Gasteiger partial charge in [-0.2, -0.15) is 0 Å². The van der Waals surface area contributed by atoms with Crippen molar-refractivity contribution in [2.75, 3.05) is 32.9 Å². The number of amides is 1. The number of alkyl halides is 1. The highest BCUT2D eigenvalue weighted by Crippen LogP contribution is 2.26. The minimum atomic E-state index is -2.29. The van der Waals surface area contributed by atoms with Crippen molar-refractivity contribution in [2.45, 2.75) is 37.5 Å². The first kappa shape index (κ1) is 15.2. The van der Waals surface area contributed by atoms with Crippen LogP contribution in [0.15, 0.2) is 0 Å². The molecule has 1 N–H and O–H groups in total. The fourth-order valence-electron chi connectivity index (χ4n) is 2.47. The first-order chi connectivity index (χ1) is 9.51. The number of nitrogens with zero attached hydrogens (tertiary/aromatic N) is 1. The number of ether oxygens (including phenoxy) is 2. The second kappa shape index (κ2) is 6.49. The summed E-state index contributed by atoms with van der Waals surface area (Å²) in [6.45, 7) is 1.42. The van der Waals surface area contributed by atoms with E-state index in [-0.39, 0.29) is 44.5 Å². The normalized spacial score (nSPS) is 27.8. The molecular formula is C13H20FNO5. The molecule has 0 radical (unpaired) electrons. The van der Waals surface area contributed by atoms with Crippen LogP contribution in [0.5, 0.6) is 0 Å². The van der Waals surface area contributed by atoms with Crippen LogP contribution in [0.1, 0.15) is 25.7 Å². The topological polar surface area (TPSA) is 76.1 Å². The maximum Gasteiger partial charge on any atom is 0.343 e. The number of carbonyl (C=O) groups excluding carboxylic acids is 1. The summed E-state index contributed by atoms with van der Waals surface area (Å²) in [7, 11) is 0. The Morgan fingerprint density at radius 1 is 1.40 bits per heavy atom. The highest BCUT2D eigenvalue weighted by atomic mass is 19.1. The summed E-state index contributed by atoms with van der Waals surface area (Å²) in [5.74, 6) is -1.75. The fraction of sp³-hybridized carbons (Fsp3) is 0.846. The monoisotopic (exact) mass is 289 g/mol. The number of carboxylic acid groups (broad SMARTS) is 1. The summed E-state index contributed by atoms with van der Waals surface area (Å²) < 4.78 is 24.6. The Labute approximate surface area is 116 Å². The predicted molar refractivity (Wildman–Crippen MR) is 67.1 cm³/mol. The van der Waals surface area contributed by atoms with Gasteiger partial charge >= 0.3 is 5.97 Å². The average molecular weight is 289 g/mol. The molecule has 0 spiro atoms. The van der Waals surface area contributed by atoms with Gasteiger partial charge in [-0.25, -0.2) is 9.18 Å². The highest BCUT2D eigenvalue weighted by molar-refractivity contribution is 5.82. The Balaban J connectivity index is 1.69.